The van der Waals surface area contributed by atoms with E-state index in [2.05, 4.69) is 0 Å². The van der Waals surface area contributed by atoms with Gasteiger partial charge in [-0.2, -0.15) is 17.0 Å². The molecule has 1 saturated carbocycles. The molecule has 1 heterocycles. The Kier molecular flexibility index (Phi) is 4.24. The molecule has 2 fully saturated rings. The van der Waals surface area contributed by atoms with Gasteiger partial charge in [0.25, 0.3) is 10.2 Å². The minimum absolute atomic E-state index is 0.351. The fourth-order valence-electron chi connectivity index (χ4n) is 2.24. The summed E-state index contributed by atoms with van der Waals surface area (Å²) in [4.78, 5) is 10.8. The number of aliphatic carboxylic acids is 1. The van der Waals surface area contributed by atoms with E-state index in [4.69, 9.17) is 5.11 Å². The van der Waals surface area contributed by atoms with Crippen LogP contribution in [0.5, 0.6) is 0 Å². The fraction of sp³-hybridized carbons (Fsp3) is 0.909. The van der Waals surface area contributed by atoms with Crippen molar-refractivity contribution < 1.29 is 18.3 Å². The molecule has 18 heavy (non-hydrogen) atoms. The Bertz CT molecular complexity index is 399. The molecule has 0 amide bonds. The highest BCUT2D eigenvalue weighted by atomic mass is 32.2. The van der Waals surface area contributed by atoms with Crippen LogP contribution < -0.4 is 0 Å². The monoisotopic (exact) mass is 276 g/mol. The van der Waals surface area contributed by atoms with Crippen LogP contribution >= 0.6 is 0 Å². The lowest BCUT2D eigenvalue weighted by molar-refractivity contribution is -0.137. The van der Waals surface area contributed by atoms with Gasteiger partial charge in [0.15, 0.2) is 0 Å². The molecule has 2 aliphatic rings. The molecule has 0 spiro atoms. The Balaban J connectivity index is 2.07. The maximum absolute atomic E-state index is 12.4. The average molecular weight is 276 g/mol. The van der Waals surface area contributed by atoms with Crippen molar-refractivity contribution in [1.29, 1.82) is 0 Å². The van der Waals surface area contributed by atoms with Crippen molar-refractivity contribution in [2.75, 3.05) is 26.2 Å². The average Bonchev–Trinajstić information content (AvgIpc) is 3.13. The second kappa shape index (κ2) is 5.54. The normalized spacial score (nSPS) is 22.3. The summed E-state index contributed by atoms with van der Waals surface area (Å²) in [5.74, 6) is -0.736. The molecule has 1 aliphatic carbocycles. The lowest BCUT2D eigenvalue weighted by Gasteiger charge is -2.31. The van der Waals surface area contributed by atoms with Crippen LogP contribution in [0, 0.1) is 5.92 Å². The summed E-state index contributed by atoms with van der Waals surface area (Å²) in [7, 11) is -3.59. The molecule has 1 aliphatic heterocycles. The Labute approximate surface area is 108 Å². The number of carbonyl (C=O) groups is 1. The predicted molar refractivity (Wildman–Crippen MR) is 66.3 cm³/mol. The third kappa shape index (κ3) is 3.43. The maximum Gasteiger partial charge on any atom is 0.318 e. The number of nitrogens with zero attached hydrogens (tertiary/aromatic N) is 2. The van der Waals surface area contributed by atoms with Gasteiger partial charge in [-0.3, -0.25) is 4.79 Å². The Morgan fingerprint density at radius 2 is 1.83 bits per heavy atom. The first kappa shape index (κ1) is 13.8. The van der Waals surface area contributed by atoms with Gasteiger partial charge in [-0.15, -0.1) is 0 Å². The lowest BCUT2D eigenvalue weighted by atomic mass is 10.2. The van der Waals surface area contributed by atoms with Crippen molar-refractivity contribution in [3.05, 3.63) is 0 Å². The molecule has 6 nitrogen and oxygen atoms in total. The van der Waals surface area contributed by atoms with Crippen LogP contribution in [0.15, 0.2) is 0 Å². The minimum atomic E-state index is -3.59. The number of carboxylic acids is 1. The molecule has 1 saturated heterocycles. The van der Waals surface area contributed by atoms with E-state index in [9.17, 15) is 13.2 Å². The van der Waals surface area contributed by atoms with Crippen LogP contribution in [0.25, 0.3) is 0 Å². The Hall–Kier alpha value is -0.660. The van der Waals surface area contributed by atoms with E-state index in [0.29, 0.717) is 25.6 Å². The first-order valence-corrected chi connectivity index (χ1v) is 7.87. The zero-order valence-corrected chi connectivity index (χ0v) is 11.2. The number of hydrogen-bond donors (Lipinski definition) is 1. The standard InChI is InChI=1S/C11H20N2O4S/c14-11(15)9-13(8-10-4-5-10)18(16,17)12-6-2-1-3-7-12/h10H,1-9H2,(H,14,15). The summed E-state index contributed by atoms with van der Waals surface area (Å²) in [6, 6.07) is 0. The SMILES string of the molecule is O=C(O)CN(CC1CC1)S(=O)(=O)N1CCCCC1. The molecule has 2 rings (SSSR count). The summed E-state index contributed by atoms with van der Waals surface area (Å²) in [5.41, 5.74) is 0. The van der Waals surface area contributed by atoms with Gasteiger partial charge < -0.3 is 5.11 Å². The molecule has 0 aromatic carbocycles. The van der Waals surface area contributed by atoms with Gasteiger partial charge in [0.1, 0.15) is 6.54 Å². The number of rotatable bonds is 6. The van der Waals surface area contributed by atoms with Crippen LogP contribution in [-0.4, -0.2) is 54.3 Å². The molecular weight excluding hydrogens is 256 g/mol. The van der Waals surface area contributed by atoms with Gasteiger partial charge in [0, 0.05) is 19.6 Å². The Morgan fingerprint density at radius 1 is 1.22 bits per heavy atom. The molecular formula is C11H20N2O4S. The van der Waals surface area contributed by atoms with Crippen molar-refractivity contribution in [2.24, 2.45) is 5.92 Å². The van der Waals surface area contributed by atoms with Crippen molar-refractivity contribution in [2.45, 2.75) is 32.1 Å². The van der Waals surface area contributed by atoms with Gasteiger partial charge in [0.05, 0.1) is 0 Å². The zero-order valence-electron chi connectivity index (χ0n) is 10.4. The van der Waals surface area contributed by atoms with E-state index in [0.717, 1.165) is 36.4 Å². The van der Waals surface area contributed by atoms with Gasteiger partial charge in [0.2, 0.25) is 0 Å². The molecule has 0 unspecified atom stereocenters. The van der Waals surface area contributed by atoms with E-state index in [1.807, 2.05) is 0 Å². The van der Waals surface area contributed by atoms with E-state index in [1.54, 1.807) is 0 Å². The van der Waals surface area contributed by atoms with Crippen LogP contribution in [0.3, 0.4) is 0 Å². The Morgan fingerprint density at radius 3 is 2.33 bits per heavy atom. The van der Waals surface area contributed by atoms with E-state index in [-0.39, 0.29) is 0 Å². The molecule has 0 atom stereocenters. The molecule has 0 aromatic heterocycles. The highest BCUT2D eigenvalue weighted by Crippen LogP contribution is 2.31. The smallest absolute Gasteiger partial charge is 0.318 e. The largest absolute Gasteiger partial charge is 0.480 e. The molecule has 7 heteroatoms. The number of hydrogen-bond acceptors (Lipinski definition) is 3. The first-order chi connectivity index (χ1) is 8.50. The van der Waals surface area contributed by atoms with Crippen LogP contribution in [0.1, 0.15) is 32.1 Å². The number of piperidine rings is 1. The second-order valence-corrected chi connectivity index (χ2v) is 7.03. The summed E-state index contributed by atoms with van der Waals surface area (Å²) in [5, 5.41) is 8.85. The minimum Gasteiger partial charge on any atom is -0.480 e. The van der Waals surface area contributed by atoms with Crippen molar-refractivity contribution in [1.82, 2.24) is 8.61 Å². The molecule has 1 N–H and O–H groups in total. The van der Waals surface area contributed by atoms with Gasteiger partial charge in [-0.25, -0.2) is 0 Å². The molecule has 0 aromatic rings. The lowest BCUT2D eigenvalue weighted by Crippen LogP contribution is -2.48. The van der Waals surface area contributed by atoms with E-state index < -0.39 is 22.7 Å². The van der Waals surface area contributed by atoms with Crippen molar-refractivity contribution in [3.8, 4) is 0 Å². The maximum atomic E-state index is 12.4. The van der Waals surface area contributed by atoms with E-state index >= 15 is 0 Å². The van der Waals surface area contributed by atoms with Crippen LogP contribution in [0.4, 0.5) is 0 Å². The van der Waals surface area contributed by atoms with Crippen LogP contribution in [-0.2, 0) is 15.0 Å². The highest BCUT2D eigenvalue weighted by Gasteiger charge is 2.35. The van der Waals surface area contributed by atoms with Gasteiger partial charge in [-0.1, -0.05) is 6.42 Å². The summed E-state index contributed by atoms with van der Waals surface area (Å²) >= 11 is 0. The topological polar surface area (TPSA) is 77.9 Å². The quantitative estimate of drug-likeness (QED) is 0.767. The van der Waals surface area contributed by atoms with Gasteiger partial charge in [-0.05, 0) is 31.6 Å². The first-order valence-electron chi connectivity index (χ1n) is 6.47. The molecule has 104 valence electrons. The predicted octanol–water partition coefficient (Wildman–Crippen LogP) is 0.514. The summed E-state index contributed by atoms with van der Waals surface area (Å²) in [6.07, 6.45) is 4.79. The van der Waals surface area contributed by atoms with Gasteiger partial charge >= 0.3 is 5.97 Å². The van der Waals surface area contributed by atoms with Crippen molar-refractivity contribution in [3.63, 3.8) is 0 Å². The molecule has 0 bridgehead atoms. The second-order valence-electron chi connectivity index (χ2n) is 5.10. The third-order valence-corrected chi connectivity index (χ3v) is 5.39. The van der Waals surface area contributed by atoms with Crippen molar-refractivity contribution >= 4 is 16.2 Å². The van der Waals surface area contributed by atoms with Crippen LogP contribution in [0.2, 0.25) is 0 Å². The summed E-state index contributed by atoms with van der Waals surface area (Å²) < 4.78 is 27.3. The summed E-state index contributed by atoms with van der Waals surface area (Å²) in [6.45, 7) is 0.965. The number of carboxylic acid groups (broad SMARTS) is 1. The molecule has 0 radical (unpaired) electrons. The zero-order chi connectivity index (χ0) is 13.2. The highest BCUT2D eigenvalue weighted by molar-refractivity contribution is 7.86. The third-order valence-electron chi connectivity index (χ3n) is 3.44. The fourth-order valence-corrected chi connectivity index (χ4v) is 3.96. The van der Waals surface area contributed by atoms with E-state index in [1.165, 1.54) is 4.31 Å².